The van der Waals surface area contributed by atoms with Crippen molar-refractivity contribution < 1.29 is 31.5 Å². The van der Waals surface area contributed by atoms with Crippen molar-refractivity contribution >= 4 is 5.78 Å². The van der Waals surface area contributed by atoms with Crippen molar-refractivity contribution in [3.05, 3.63) is 82.5 Å². The van der Waals surface area contributed by atoms with Crippen LogP contribution in [-0.2, 0) is 9.53 Å². The smallest absolute Gasteiger partial charge is 0.371 e. The van der Waals surface area contributed by atoms with Crippen LogP contribution in [0.1, 0.15) is 68.9 Å². The molecular formula is C34H35F5O2. The van der Waals surface area contributed by atoms with E-state index in [4.69, 9.17) is 4.74 Å². The Hall–Kier alpha value is -2.80. The zero-order chi connectivity index (χ0) is 29.4. The molecule has 0 radical (unpaired) electrons. The van der Waals surface area contributed by atoms with Gasteiger partial charge in [-0.25, -0.2) is 0 Å². The topological polar surface area (TPSA) is 26.3 Å². The second-order valence-electron chi connectivity index (χ2n) is 12.6. The summed E-state index contributed by atoms with van der Waals surface area (Å²) in [6.45, 7) is 3.63. The predicted molar refractivity (Wildman–Crippen MR) is 148 cm³/mol. The highest BCUT2D eigenvalue weighted by molar-refractivity contribution is 5.93. The molecule has 7 heteroatoms. The van der Waals surface area contributed by atoms with E-state index in [9.17, 15) is 18.0 Å². The maximum atomic E-state index is 15.5. The minimum atomic E-state index is -5.73. The van der Waals surface area contributed by atoms with Gasteiger partial charge in [0.25, 0.3) is 0 Å². The van der Waals surface area contributed by atoms with Gasteiger partial charge in [-0.1, -0.05) is 66.6 Å². The molecule has 0 spiro atoms. The van der Waals surface area contributed by atoms with Gasteiger partial charge >= 0.3 is 12.1 Å². The summed E-state index contributed by atoms with van der Waals surface area (Å²) in [5.74, 6) is -5.78. The van der Waals surface area contributed by atoms with Crippen LogP contribution in [0.5, 0.6) is 0 Å². The number of ether oxygens (including phenoxy) is 1. The van der Waals surface area contributed by atoms with Crippen molar-refractivity contribution in [2.24, 2.45) is 17.3 Å². The molecule has 2 aromatic rings. The zero-order valence-corrected chi connectivity index (χ0v) is 23.6. The molecule has 2 aromatic carbocycles. The van der Waals surface area contributed by atoms with Crippen molar-refractivity contribution in [3.8, 4) is 11.1 Å². The van der Waals surface area contributed by atoms with E-state index in [1.165, 1.54) is 0 Å². The van der Waals surface area contributed by atoms with Crippen LogP contribution in [0.2, 0.25) is 0 Å². The zero-order valence-electron chi connectivity index (χ0n) is 23.6. The van der Waals surface area contributed by atoms with E-state index in [1.54, 1.807) is 13.0 Å². The Kier molecular flexibility index (Phi) is 6.64. The van der Waals surface area contributed by atoms with Gasteiger partial charge < -0.3 is 4.74 Å². The second-order valence-corrected chi connectivity index (χ2v) is 12.6. The third-order valence-corrected chi connectivity index (χ3v) is 10.8. The quantitative estimate of drug-likeness (QED) is 0.343. The average Bonchev–Trinajstić information content (AvgIpc) is 3.25. The first-order valence-electron chi connectivity index (χ1n) is 14.5. The lowest BCUT2D eigenvalue weighted by atomic mass is 9.50. The molecule has 6 rings (SSSR count). The number of rotatable bonds is 4. The molecule has 218 valence electrons. The summed E-state index contributed by atoms with van der Waals surface area (Å²) in [4.78, 5) is 12.3. The van der Waals surface area contributed by atoms with Crippen LogP contribution in [0.4, 0.5) is 22.0 Å². The van der Waals surface area contributed by atoms with Crippen LogP contribution in [0.15, 0.2) is 71.3 Å². The monoisotopic (exact) mass is 570 g/mol. The van der Waals surface area contributed by atoms with Gasteiger partial charge in [0.05, 0.1) is 0 Å². The Bertz CT molecular complexity index is 1420. The van der Waals surface area contributed by atoms with Crippen LogP contribution < -0.4 is 0 Å². The van der Waals surface area contributed by atoms with Gasteiger partial charge in [-0.15, -0.1) is 0 Å². The van der Waals surface area contributed by atoms with E-state index in [1.807, 2.05) is 55.5 Å². The molecule has 2 nitrogen and oxygen atoms in total. The molecule has 0 aromatic heterocycles. The van der Waals surface area contributed by atoms with Crippen molar-refractivity contribution in [1.82, 2.24) is 0 Å². The fraction of sp³-hybridized carbons (Fsp3) is 0.500. The lowest BCUT2D eigenvalue weighted by Gasteiger charge is -2.57. The molecular weight excluding hydrogens is 535 g/mol. The number of carbonyl (C=O) groups excluding carboxylic acids is 1. The lowest BCUT2D eigenvalue weighted by molar-refractivity contribution is -0.367. The summed E-state index contributed by atoms with van der Waals surface area (Å²) in [5, 5.41) is 0. The van der Waals surface area contributed by atoms with E-state index in [0.717, 1.165) is 46.1 Å². The molecule has 0 saturated heterocycles. The maximum absolute atomic E-state index is 15.5. The molecule has 0 heterocycles. The Balaban J connectivity index is 1.50. The molecule has 2 fully saturated rings. The number of benzene rings is 2. The molecule has 0 aliphatic heterocycles. The number of carbonyl (C=O) groups is 1. The van der Waals surface area contributed by atoms with Crippen LogP contribution in [-0.4, -0.2) is 30.6 Å². The Morgan fingerprint density at radius 1 is 0.878 bits per heavy atom. The molecule has 0 bridgehead atoms. The highest BCUT2D eigenvalue weighted by Gasteiger charge is 2.80. The van der Waals surface area contributed by atoms with E-state index < -0.39 is 23.1 Å². The van der Waals surface area contributed by atoms with Crippen LogP contribution in [0.25, 0.3) is 11.1 Å². The Morgan fingerprint density at radius 2 is 1.51 bits per heavy atom. The van der Waals surface area contributed by atoms with Crippen molar-refractivity contribution in [1.29, 1.82) is 0 Å². The summed E-state index contributed by atoms with van der Waals surface area (Å²) >= 11 is 0. The van der Waals surface area contributed by atoms with Gasteiger partial charge in [0, 0.05) is 24.9 Å². The first-order chi connectivity index (χ1) is 19.3. The molecule has 0 amide bonds. The number of fused-ring (bicyclic) bond motifs is 4. The maximum Gasteiger partial charge on any atom is 0.456 e. The SMILES string of the molecule is CO[C@@]1(C(F)(F)C(F)(F)F)CCC2C3CCC4=CC(=O)CCC4=C3C(c3ccc(-c4ccc(C)cc4)cc3)CC21C. The minimum absolute atomic E-state index is 0.0894. The van der Waals surface area contributed by atoms with Gasteiger partial charge in [-0.2, -0.15) is 22.0 Å². The predicted octanol–water partition coefficient (Wildman–Crippen LogP) is 9.14. The summed E-state index contributed by atoms with van der Waals surface area (Å²) in [5.41, 5.74) is 3.30. The fourth-order valence-electron chi connectivity index (χ4n) is 8.81. The number of ketones is 1. The largest absolute Gasteiger partial charge is 0.456 e. The normalized spacial score (nSPS) is 31.9. The summed E-state index contributed by atoms with van der Waals surface area (Å²) in [7, 11) is 1.01. The Labute approximate surface area is 237 Å². The summed E-state index contributed by atoms with van der Waals surface area (Å²) < 4.78 is 78.5. The third-order valence-electron chi connectivity index (χ3n) is 10.8. The van der Waals surface area contributed by atoms with E-state index in [2.05, 4.69) is 0 Å². The first kappa shape index (κ1) is 28.3. The molecule has 4 aliphatic carbocycles. The number of halogens is 5. The van der Waals surface area contributed by atoms with Crippen molar-refractivity contribution in [3.63, 3.8) is 0 Å². The van der Waals surface area contributed by atoms with Crippen molar-refractivity contribution in [2.45, 2.75) is 82.4 Å². The first-order valence-corrected chi connectivity index (χ1v) is 14.5. The fourth-order valence-corrected chi connectivity index (χ4v) is 8.81. The number of methoxy groups -OCH3 is 1. The second kappa shape index (κ2) is 9.62. The molecule has 4 unspecified atom stereocenters. The summed E-state index contributed by atoms with van der Waals surface area (Å²) in [6, 6.07) is 16.1. The van der Waals surface area contributed by atoms with E-state index in [0.29, 0.717) is 25.7 Å². The van der Waals surface area contributed by atoms with Crippen LogP contribution in [0.3, 0.4) is 0 Å². The van der Waals surface area contributed by atoms with Crippen molar-refractivity contribution in [2.75, 3.05) is 7.11 Å². The minimum Gasteiger partial charge on any atom is -0.371 e. The number of hydrogen-bond donors (Lipinski definition) is 0. The van der Waals surface area contributed by atoms with Gasteiger partial charge in [0.15, 0.2) is 5.78 Å². The molecule has 2 saturated carbocycles. The van der Waals surface area contributed by atoms with Gasteiger partial charge in [-0.05, 0) is 91.2 Å². The van der Waals surface area contributed by atoms with E-state index in [-0.39, 0.29) is 42.8 Å². The van der Waals surface area contributed by atoms with Gasteiger partial charge in [0.1, 0.15) is 5.60 Å². The highest BCUT2D eigenvalue weighted by Crippen LogP contribution is 2.71. The lowest BCUT2D eigenvalue weighted by Crippen LogP contribution is -2.66. The highest BCUT2D eigenvalue weighted by atomic mass is 19.4. The molecule has 41 heavy (non-hydrogen) atoms. The molecule has 5 atom stereocenters. The van der Waals surface area contributed by atoms with Gasteiger partial charge in [-0.3, -0.25) is 4.79 Å². The van der Waals surface area contributed by atoms with Crippen LogP contribution >= 0.6 is 0 Å². The number of allylic oxidation sites excluding steroid dienone is 4. The third kappa shape index (κ3) is 4.09. The number of alkyl halides is 5. The van der Waals surface area contributed by atoms with Gasteiger partial charge in [0.2, 0.25) is 0 Å². The summed E-state index contributed by atoms with van der Waals surface area (Å²) in [6.07, 6.45) is -1.74. The standard InChI is InChI=1S/C34H35F5O2/c1-20-4-6-21(7-5-20)22-8-10-23(11-9-22)28-19-31(2)29(16-17-32(31,41-3)33(35,36)34(37,38)39)27-14-12-24-18-25(40)13-15-26(24)30(27)28/h4-11,18,27-29H,12-17,19H2,1-3H3/t27?,28?,29?,31?,32-/m0/s1. The number of hydrogen-bond acceptors (Lipinski definition) is 2. The molecule has 0 N–H and O–H groups in total. The van der Waals surface area contributed by atoms with Crippen LogP contribution in [0, 0.1) is 24.2 Å². The Morgan fingerprint density at radius 3 is 2.12 bits per heavy atom. The number of aryl methyl sites for hydroxylation is 1. The average molecular weight is 571 g/mol. The molecule has 4 aliphatic rings. The van der Waals surface area contributed by atoms with E-state index >= 15 is 8.78 Å².